The lowest BCUT2D eigenvalue weighted by molar-refractivity contribution is -0.145. The summed E-state index contributed by atoms with van der Waals surface area (Å²) in [5, 5.41) is 4.36. The number of likely N-dealkylation sites (tertiary alicyclic amines) is 1. The second-order valence-electron chi connectivity index (χ2n) is 5.62. The molecule has 1 fully saturated rings. The van der Waals surface area contributed by atoms with Crippen LogP contribution in [0.25, 0.3) is 0 Å². The lowest BCUT2D eigenvalue weighted by atomic mass is 10.1. The van der Waals surface area contributed by atoms with Gasteiger partial charge in [-0.3, -0.25) is 14.3 Å². The summed E-state index contributed by atoms with van der Waals surface area (Å²) in [4.78, 5) is 25.5. The van der Waals surface area contributed by atoms with Gasteiger partial charge < -0.3 is 9.64 Å². The van der Waals surface area contributed by atoms with Crippen molar-refractivity contribution < 1.29 is 14.3 Å². The molecule has 1 atom stereocenters. The van der Waals surface area contributed by atoms with E-state index < -0.39 is 0 Å². The first-order valence-electron chi connectivity index (χ1n) is 7.28. The number of esters is 1. The van der Waals surface area contributed by atoms with E-state index in [1.54, 1.807) is 4.90 Å². The first-order chi connectivity index (χ1) is 9.93. The summed E-state index contributed by atoms with van der Waals surface area (Å²) in [6, 6.07) is 0. The number of amides is 1. The first-order valence-corrected chi connectivity index (χ1v) is 7.28. The second kappa shape index (κ2) is 6.28. The molecule has 1 aromatic rings. The van der Waals surface area contributed by atoms with Crippen molar-refractivity contribution in [2.45, 2.75) is 33.1 Å². The molecule has 2 heterocycles. The number of nitrogens with zero attached hydrogens (tertiary/aromatic N) is 3. The van der Waals surface area contributed by atoms with Crippen LogP contribution in [0.3, 0.4) is 0 Å². The highest BCUT2D eigenvalue weighted by molar-refractivity contribution is 5.79. The Kier molecular flexibility index (Phi) is 4.65. The third-order valence-corrected chi connectivity index (χ3v) is 4.32. The Labute approximate surface area is 125 Å². The van der Waals surface area contributed by atoms with Gasteiger partial charge in [-0.05, 0) is 32.3 Å². The standard InChI is InChI=1S/C15H23N3O3/c1-10-13(11(2)17(3)16-10)5-6-14(19)18-8-7-12(9-18)15(20)21-4/h12H,5-9H2,1-4H3. The third-order valence-electron chi connectivity index (χ3n) is 4.32. The van der Waals surface area contributed by atoms with Crippen molar-refractivity contribution in [3.63, 3.8) is 0 Å². The Hall–Kier alpha value is -1.85. The minimum absolute atomic E-state index is 0.101. The van der Waals surface area contributed by atoms with E-state index in [1.165, 1.54) is 7.11 Å². The number of carbonyl (C=O) groups excluding carboxylic acids is 2. The van der Waals surface area contributed by atoms with Crippen molar-refractivity contribution in [3.8, 4) is 0 Å². The Morgan fingerprint density at radius 2 is 2.10 bits per heavy atom. The van der Waals surface area contributed by atoms with Gasteiger partial charge in [0.1, 0.15) is 0 Å². The number of rotatable bonds is 4. The molecular weight excluding hydrogens is 270 g/mol. The third kappa shape index (κ3) is 3.25. The molecule has 1 saturated heterocycles. The number of ether oxygens (including phenoxy) is 1. The normalized spacial score (nSPS) is 18.1. The van der Waals surface area contributed by atoms with Gasteiger partial charge in [-0.25, -0.2) is 0 Å². The summed E-state index contributed by atoms with van der Waals surface area (Å²) in [6.45, 7) is 5.11. The molecule has 6 heteroatoms. The van der Waals surface area contributed by atoms with Gasteiger partial charge in [-0.2, -0.15) is 5.10 Å². The molecule has 6 nitrogen and oxygen atoms in total. The molecular formula is C15H23N3O3. The zero-order chi connectivity index (χ0) is 15.6. The van der Waals surface area contributed by atoms with E-state index in [2.05, 4.69) is 5.10 Å². The van der Waals surface area contributed by atoms with Gasteiger partial charge in [-0.1, -0.05) is 0 Å². The molecule has 0 N–H and O–H groups in total. The summed E-state index contributed by atoms with van der Waals surface area (Å²) in [5.41, 5.74) is 3.24. The summed E-state index contributed by atoms with van der Waals surface area (Å²) in [5.74, 6) is -0.283. The van der Waals surface area contributed by atoms with Gasteiger partial charge in [0.05, 0.1) is 18.7 Å². The lowest BCUT2D eigenvalue weighted by Gasteiger charge is -2.16. The fourth-order valence-corrected chi connectivity index (χ4v) is 2.92. The van der Waals surface area contributed by atoms with Crippen LogP contribution in [0.2, 0.25) is 0 Å². The summed E-state index contributed by atoms with van der Waals surface area (Å²) >= 11 is 0. The Morgan fingerprint density at radius 1 is 1.38 bits per heavy atom. The topological polar surface area (TPSA) is 64.4 Å². The maximum absolute atomic E-state index is 12.3. The summed E-state index contributed by atoms with van der Waals surface area (Å²) in [7, 11) is 3.30. The minimum Gasteiger partial charge on any atom is -0.469 e. The van der Waals surface area contributed by atoms with Crippen LogP contribution >= 0.6 is 0 Å². The van der Waals surface area contributed by atoms with E-state index in [9.17, 15) is 9.59 Å². The minimum atomic E-state index is -0.218. The number of carbonyl (C=O) groups is 2. The molecule has 1 aliphatic rings. The van der Waals surface area contributed by atoms with Gasteiger partial charge in [0, 0.05) is 32.3 Å². The highest BCUT2D eigenvalue weighted by atomic mass is 16.5. The van der Waals surface area contributed by atoms with Crippen LogP contribution in [0.4, 0.5) is 0 Å². The lowest BCUT2D eigenvalue weighted by Crippen LogP contribution is -2.30. The van der Waals surface area contributed by atoms with Crippen LogP contribution < -0.4 is 0 Å². The van der Waals surface area contributed by atoms with Gasteiger partial charge in [-0.15, -0.1) is 0 Å². The molecule has 1 unspecified atom stereocenters. The van der Waals surface area contributed by atoms with Crippen LogP contribution in [0.1, 0.15) is 29.8 Å². The fourth-order valence-electron chi connectivity index (χ4n) is 2.92. The Bertz CT molecular complexity index is 551. The summed E-state index contributed by atoms with van der Waals surface area (Å²) in [6.07, 6.45) is 1.86. The Morgan fingerprint density at radius 3 is 2.67 bits per heavy atom. The molecule has 2 rings (SSSR count). The predicted molar refractivity (Wildman–Crippen MR) is 77.7 cm³/mol. The quantitative estimate of drug-likeness (QED) is 0.777. The summed E-state index contributed by atoms with van der Waals surface area (Å²) < 4.78 is 6.58. The number of hydrogen-bond acceptors (Lipinski definition) is 4. The smallest absolute Gasteiger partial charge is 0.310 e. The number of methoxy groups -OCH3 is 1. The molecule has 1 aromatic heterocycles. The number of hydrogen-bond donors (Lipinski definition) is 0. The van der Waals surface area contributed by atoms with Crippen LogP contribution in [0.15, 0.2) is 0 Å². The SMILES string of the molecule is COC(=O)C1CCN(C(=O)CCc2c(C)nn(C)c2C)C1. The van der Waals surface area contributed by atoms with E-state index in [0.29, 0.717) is 32.4 Å². The fraction of sp³-hybridized carbons (Fsp3) is 0.667. The van der Waals surface area contributed by atoms with E-state index in [-0.39, 0.29) is 17.8 Å². The maximum atomic E-state index is 12.3. The first kappa shape index (κ1) is 15.5. The highest BCUT2D eigenvalue weighted by Gasteiger charge is 2.31. The van der Waals surface area contributed by atoms with Crippen molar-refractivity contribution >= 4 is 11.9 Å². The zero-order valence-corrected chi connectivity index (χ0v) is 13.2. The largest absolute Gasteiger partial charge is 0.469 e. The molecule has 21 heavy (non-hydrogen) atoms. The number of aromatic nitrogens is 2. The highest BCUT2D eigenvalue weighted by Crippen LogP contribution is 2.20. The average molecular weight is 293 g/mol. The van der Waals surface area contributed by atoms with Gasteiger partial charge in [0.2, 0.25) is 5.91 Å². The van der Waals surface area contributed by atoms with E-state index >= 15 is 0 Å². The molecule has 1 amide bonds. The molecule has 116 valence electrons. The van der Waals surface area contributed by atoms with Crippen molar-refractivity contribution in [1.29, 1.82) is 0 Å². The molecule has 1 aliphatic heterocycles. The van der Waals surface area contributed by atoms with Crippen LogP contribution in [-0.2, 0) is 27.8 Å². The Balaban J connectivity index is 1.90. The average Bonchev–Trinajstić information content (AvgIpc) is 3.03. The van der Waals surface area contributed by atoms with Gasteiger partial charge >= 0.3 is 5.97 Å². The van der Waals surface area contributed by atoms with Crippen molar-refractivity contribution in [2.24, 2.45) is 13.0 Å². The van der Waals surface area contributed by atoms with Crippen LogP contribution in [-0.4, -0.2) is 46.8 Å². The van der Waals surface area contributed by atoms with E-state index in [1.807, 2.05) is 25.6 Å². The van der Waals surface area contributed by atoms with Gasteiger partial charge in [0.25, 0.3) is 0 Å². The maximum Gasteiger partial charge on any atom is 0.310 e. The molecule has 0 aromatic carbocycles. The van der Waals surface area contributed by atoms with E-state index in [4.69, 9.17) is 4.74 Å². The zero-order valence-electron chi connectivity index (χ0n) is 13.2. The molecule has 0 radical (unpaired) electrons. The predicted octanol–water partition coefficient (Wildman–Crippen LogP) is 0.991. The molecule has 0 bridgehead atoms. The van der Waals surface area contributed by atoms with Crippen molar-refractivity contribution in [3.05, 3.63) is 17.0 Å². The second-order valence-corrected chi connectivity index (χ2v) is 5.62. The van der Waals surface area contributed by atoms with Crippen LogP contribution in [0, 0.1) is 19.8 Å². The molecule has 0 saturated carbocycles. The molecule has 0 aliphatic carbocycles. The van der Waals surface area contributed by atoms with E-state index in [0.717, 1.165) is 17.0 Å². The number of aryl methyl sites for hydroxylation is 2. The van der Waals surface area contributed by atoms with Crippen molar-refractivity contribution in [2.75, 3.05) is 20.2 Å². The molecule has 0 spiro atoms. The van der Waals surface area contributed by atoms with Gasteiger partial charge in [0.15, 0.2) is 0 Å². The van der Waals surface area contributed by atoms with Crippen molar-refractivity contribution in [1.82, 2.24) is 14.7 Å². The monoisotopic (exact) mass is 293 g/mol. The van der Waals surface area contributed by atoms with Crippen LogP contribution in [0.5, 0.6) is 0 Å².